The Bertz CT molecular complexity index is 1130. The van der Waals surface area contributed by atoms with Gasteiger partial charge in [0.2, 0.25) is 10.0 Å². The van der Waals surface area contributed by atoms with Gasteiger partial charge >= 0.3 is 0 Å². The van der Waals surface area contributed by atoms with Gasteiger partial charge in [0.25, 0.3) is 5.91 Å². The van der Waals surface area contributed by atoms with Gasteiger partial charge in [0.05, 0.1) is 22.9 Å². The monoisotopic (exact) mass is 409 g/mol. The van der Waals surface area contributed by atoms with E-state index in [2.05, 4.69) is 30.0 Å². The summed E-state index contributed by atoms with van der Waals surface area (Å²) in [5.74, 6) is -0.584. The Balaban J connectivity index is 1.61. The highest BCUT2D eigenvalue weighted by molar-refractivity contribution is 7.91. The van der Waals surface area contributed by atoms with E-state index >= 15 is 0 Å². The van der Waals surface area contributed by atoms with Crippen molar-refractivity contribution in [2.45, 2.75) is 49.8 Å². The molecule has 1 atom stereocenters. The summed E-state index contributed by atoms with van der Waals surface area (Å²) in [6, 6.07) is 15.0. The third kappa shape index (κ3) is 3.85. The molecule has 1 aliphatic carbocycles. The molecule has 1 saturated carbocycles. The Hall–Kier alpha value is -2.85. The van der Waals surface area contributed by atoms with Gasteiger partial charge in [-0.3, -0.25) is 4.79 Å². The quantitative estimate of drug-likeness (QED) is 0.804. The molecular weight excluding hydrogens is 386 g/mol. The number of fused-ring (bicyclic) bond motifs is 1. The summed E-state index contributed by atoms with van der Waals surface area (Å²) in [5, 5.41) is 12.2. The Morgan fingerprint density at radius 1 is 1.21 bits per heavy atom. The van der Waals surface area contributed by atoms with E-state index in [4.69, 9.17) is 0 Å². The van der Waals surface area contributed by atoms with Crippen LogP contribution in [0.4, 0.5) is 5.69 Å². The maximum absolute atomic E-state index is 12.5. The Morgan fingerprint density at radius 3 is 2.66 bits per heavy atom. The second-order valence-electron chi connectivity index (χ2n) is 8.46. The number of rotatable bonds is 4. The van der Waals surface area contributed by atoms with E-state index in [0.717, 1.165) is 23.2 Å². The largest absolute Gasteiger partial charge is 0.378 e. The lowest BCUT2D eigenvalue weighted by molar-refractivity contribution is 0.0981. The van der Waals surface area contributed by atoms with Crippen molar-refractivity contribution in [2.24, 2.45) is 0 Å². The van der Waals surface area contributed by atoms with Crippen LogP contribution in [-0.2, 0) is 15.4 Å². The zero-order valence-electron chi connectivity index (χ0n) is 16.4. The minimum Gasteiger partial charge on any atom is -0.378 e. The number of carbonyl (C=O) groups is 1. The van der Waals surface area contributed by atoms with E-state index in [-0.39, 0.29) is 11.5 Å². The summed E-state index contributed by atoms with van der Waals surface area (Å²) < 4.78 is 26.4. The normalized spacial score (nSPS) is 20.1. The number of sulfonamides is 1. The molecule has 1 amide bonds. The van der Waals surface area contributed by atoms with Crippen molar-refractivity contribution in [2.75, 3.05) is 5.32 Å². The summed E-state index contributed by atoms with van der Waals surface area (Å²) >= 11 is 0. The number of anilines is 1. The van der Waals surface area contributed by atoms with E-state index in [9.17, 15) is 18.5 Å². The van der Waals surface area contributed by atoms with E-state index < -0.39 is 21.2 Å². The lowest BCUT2D eigenvalue weighted by Crippen LogP contribution is -2.34. The zero-order chi connectivity index (χ0) is 20.8. The molecule has 4 rings (SSSR count). The van der Waals surface area contributed by atoms with Gasteiger partial charge in [0, 0.05) is 11.3 Å². The average Bonchev–Trinajstić information content (AvgIpc) is 3.53. The first-order valence-electron chi connectivity index (χ1n) is 9.67. The first-order valence-corrected chi connectivity index (χ1v) is 11.2. The number of benzene rings is 2. The van der Waals surface area contributed by atoms with Gasteiger partial charge in [-0.1, -0.05) is 26.0 Å². The predicted octanol–water partition coefficient (Wildman–Crippen LogP) is 3.61. The zero-order valence-corrected chi connectivity index (χ0v) is 17.2. The maximum Gasteiger partial charge on any atom is 0.264 e. The van der Waals surface area contributed by atoms with Crippen LogP contribution in [-0.4, -0.2) is 19.6 Å². The fourth-order valence-corrected chi connectivity index (χ4v) is 5.21. The number of amides is 1. The van der Waals surface area contributed by atoms with Gasteiger partial charge in [-0.2, -0.15) is 5.26 Å². The molecule has 0 spiro atoms. The van der Waals surface area contributed by atoms with Gasteiger partial charge < -0.3 is 5.32 Å². The van der Waals surface area contributed by atoms with E-state index in [1.54, 1.807) is 18.2 Å². The highest BCUT2D eigenvalue weighted by Gasteiger charge is 2.38. The molecule has 0 saturated heterocycles. The van der Waals surface area contributed by atoms with Crippen LogP contribution in [0.15, 0.2) is 42.5 Å². The SMILES string of the molecule is CC1(C)CC(c2cccc(C#N)c2)Nc2ccc(C(=O)NS(=O)(=O)C3CC3)cc21. The lowest BCUT2D eigenvalue weighted by atomic mass is 9.73. The van der Waals surface area contributed by atoms with Gasteiger partial charge in [0.15, 0.2) is 0 Å². The number of carbonyl (C=O) groups excluding carboxylic acids is 1. The second-order valence-corrected chi connectivity index (χ2v) is 10.4. The molecule has 29 heavy (non-hydrogen) atoms. The molecule has 150 valence electrons. The molecule has 1 heterocycles. The van der Waals surface area contributed by atoms with Gasteiger partial charge in [-0.05, 0) is 66.1 Å². The van der Waals surface area contributed by atoms with E-state index in [0.29, 0.717) is 24.0 Å². The van der Waals surface area contributed by atoms with E-state index in [1.807, 2.05) is 24.3 Å². The van der Waals surface area contributed by atoms with Crippen molar-refractivity contribution in [1.29, 1.82) is 5.26 Å². The molecule has 7 heteroatoms. The van der Waals surface area contributed by atoms with Crippen molar-refractivity contribution in [3.05, 3.63) is 64.7 Å². The van der Waals surface area contributed by atoms with Crippen LogP contribution in [0.3, 0.4) is 0 Å². The van der Waals surface area contributed by atoms with E-state index in [1.165, 1.54) is 0 Å². The predicted molar refractivity (Wildman–Crippen MR) is 111 cm³/mol. The van der Waals surface area contributed by atoms with Crippen molar-refractivity contribution < 1.29 is 13.2 Å². The average molecular weight is 410 g/mol. The molecule has 2 aliphatic rings. The maximum atomic E-state index is 12.5. The van der Waals surface area contributed by atoms with Crippen molar-refractivity contribution in [3.63, 3.8) is 0 Å². The summed E-state index contributed by atoms with van der Waals surface area (Å²) in [5.41, 5.74) is 3.65. The highest BCUT2D eigenvalue weighted by Crippen LogP contribution is 2.44. The molecule has 1 fully saturated rings. The molecule has 0 aromatic heterocycles. The first kappa shape index (κ1) is 19.5. The van der Waals surface area contributed by atoms with Crippen molar-refractivity contribution in [3.8, 4) is 6.07 Å². The van der Waals surface area contributed by atoms with Gasteiger partial charge in [-0.25, -0.2) is 13.1 Å². The van der Waals surface area contributed by atoms with Crippen LogP contribution in [0.1, 0.15) is 66.2 Å². The number of nitriles is 1. The Labute approximate surface area is 171 Å². The van der Waals surface area contributed by atoms with Crippen LogP contribution in [0, 0.1) is 11.3 Å². The molecule has 2 aromatic carbocycles. The summed E-state index contributed by atoms with van der Waals surface area (Å²) in [7, 11) is -3.58. The number of hydrogen-bond acceptors (Lipinski definition) is 5. The molecule has 1 unspecified atom stereocenters. The van der Waals surface area contributed by atoms with Crippen LogP contribution >= 0.6 is 0 Å². The van der Waals surface area contributed by atoms with Crippen LogP contribution in [0.2, 0.25) is 0 Å². The molecule has 6 nitrogen and oxygen atoms in total. The third-order valence-corrected chi connectivity index (χ3v) is 7.49. The highest BCUT2D eigenvalue weighted by atomic mass is 32.2. The minimum absolute atomic E-state index is 0.0423. The van der Waals surface area contributed by atoms with Crippen LogP contribution in [0.25, 0.3) is 0 Å². The van der Waals surface area contributed by atoms with Crippen molar-refractivity contribution in [1.82, 2.24) is 4.72 Å². The summed E-state index contributed by atoms with van der Waals surface area (Å²) in [6.45, 7) is 4.22. The molecule has 2 aromatic rings. The lowest BCUT2D eigenvalue weighted by Gasteiger charge is -2.39. The second kappa shape index (κ2) is 6.89. The standard InChI is InChI=1S/C22H23N3O3S/c1-22(2)12-20(15-5-3-4-14(10-15)13-23)24-19-9-6-16(11-18(19)22)21(26)25-29(27,28)17-7-8-17/h3-6,9-11,17,20,24H,7-8,12H2,1-2H3,(H,25,26). The van der Waals surface area contributed by atoms with Gasteiger partial charge in [0.1, 0.15) is 0 Å². The smallest absolute Gasteiger partial charge is 0.264 e. The fourth-order valence-electron chi connectivity index (χ4n) is 3.91. The van der Waals surface area contributed by atoms with Crippen LogP contribution in [0.5, 0.6) is 0 Å². The van der Waals surface area contributed by atoms with Gasteiger partial charge in [-0.15, -0.1) is 0 Å². The third-order valence-electron chi connectivity index (χ3n) is 5.67. The fraction of sp³-hybridized carbons (Fsp3) is 0.364. The summed E-state index contributed by atoms with van der Waals surface area (Å²) in [4.78, 5) is 12.5. The summed E-state index contributed by atoms with van der Waals surface area (Å²) in [6.07, 6.45) is 2.00. The molecule has 0 radical (unpaired) electrons. The first-order chi connectivity index (χ1) is 13.7. The van der Waals surface area contributed by atoms with Crippen molar-refractivity contribution >= 4 is 21.6 Å². The molecule has 1 aliphatic heterocycles. The Kier molecular flexibility index (Phi) is 4.62. The topological polar surface area (TPSA) is 99.1 Å². The van der Waals surface area contributed by atoms with Crippen LogP contribution < -0.4 is 10.0 Å². The molecular formula is C22H23N3O3S. The number of nitrogens with zero attached hydrogens (tertiary/aromatic N) is 1. The molecule has 0 bridgehead atoms. The molecule has 2 N–H and O–H groups in total. The number of nitrogens with one attached hydrogen (secondary N) is 2. The Morgan fingerprint density at radius 2 is 1.97 bits per heavy atom. The minimum atomic E-state index is -3.58. The number of hydrogen-bond donors (Lipinski definition) is 2.